The predicted molar refractivity (Wildman–Crippen MR) is 83.2 cm³/mol. The maximum absolute atomic E-state index is 12.0. The van der Waals surface area contributed by atoms with E-state index in [1.165, 1.54) is 11.2 Å². The van der Waals surface area contributed by atoms with E-state index in [0.717, 1.165) is 15.7 Å². The molecule has 0 spiro atoms. The Bertz CT molecular complexity index is 653. The smallest absolute Gasteiger partial charge is 0.289 e. The van der Waals surface area contributed by atoms with Crippen LogP contribution in [-0.4, -0.2) is 30.3 Å². The number of amides is 2. The van der Waals surface area contributed by atoms with Gasteiger partial charge in [-0.15, -0.1) is 0 Å². The Kier molecular flexibility index (Phi) is 4.80. The molecule has 1 heterocycles. The molecule has 0 aliphatic carbocycles. The van der Waals surface area contributed by atoms with Gasteiger partial charge in [0.25, 0.3) is 5.91 Å². The molecular weight excluding hydrogens is 336 g/mol. The van der Waals surface area contributed by atoms with Gasteiger partial charge >= 0.3 is 0 Å². The van der Waals surface area contributed by atoms with Crippen molar-refractivity contribution in [1.29, 1.82) is 0 Å². The van der Waals surface area contributed by atoms with Gasteiger partial charge in [0, 0.05) is 17.2 Å². The van der Waals surface area contributed by atoms with Crippen LogP contribution in [0.15, 0.2) is 45.5 Å². The number of anilines is 1. The van der Waals surface area contributed by atoms with Crippen LogP contribution in [0, 0.1) is 6.92 Å². The van der Waals surface area contributed by atoms with Gasteiger partial charge in [-0.1, -0.05) is 15.9 Å². The molecule has 0 saturated heterocycles. The summed E-state index contributed by atoms with van der Waals surface area (Å²) in [5.41, 5.74) is 1.67. The number of carbonyl (C=O) groups is 2. The Morgan fingerprint density at radius 3 is 2.71 bits per heavy atom. The van der Waals surface area contributed by atoms with E-state index in [-0.39, 0.29) is 24.1 Å². The number of carbonyl (C=O) groups excluding carboxylic acids is 2. The molecule has 2 amide bonds. The molecule has 0 saturated carbocycles. The van der Waals surface area contributed by atoms with E-state index in [0.29, 0.717) is 0 Å². The van der Waals surface area contributed by atoms with Gasteiger partial charge in [-0.25, -0.2) is 0 Å². The number of benzene rings is 1. The van der Waals surface area contributed by atoms with Gasteiger partial charge in [0.2, 0.25) is 5.91 Å². The van der Waals surface area contributed by atoms with Crippen LogP contribution >= 0.6 is 15.9 Å². The topological polar surface area (TPSA) is 62.6 Å². The summed E-state index contributed by atoms with van der Waals surface area (Å²) in [6.45, 7) is 1.85. The lowest BCUT2D eigenvalue weighted by molar-refractivity contribution is -0.116. The normalized spacial score (nSPS) is 10.2. The number of hydrogen-bond donors (Lipinski definition) is 1. The van der Waals surface area contributed by atoms with Crippen molar-refractivity contribution in [2.45, 2.75) is 6.92 Å². The zero-order chi connectivity index (χ0) is 15.4. The fraction of sp³-hybridized carbons (Fsp3) is 0.200. The molecule has 2 aromatic rings. The van der Waals surface area contributed by atoms with Crippen molar-refractivity contribution in [3.63, 3.8) is 0 Å². The lowest BCUT2D eigenvalue weighted by atomic mass is 10.2. The zero-order valence-corrected chi connectivity index (χ0v) is 13.3. The first-order valence-corrected chi connectivity index (χ1v) is 7.11. The highest BCUT2D eigenvalue weighted by molar-refractivity contribution is 9.10. The molecular formula is C15H15BrN2O3. The van der Waals surface area contributed by atoms with Gasteiger partial charge in [-0.3, -0.25) is 9.59 Å². The second kappa shape index (κ2) is 6.58. The average Bonchev–Trinajstić information content (AvgIpc) is 2.95. The Labute approximate surface area is 131 Å². The summed E-state index contributed by atoms with van der Waals surface area (Å²) in [4.78, 5) is 25.2. The van der Waals surface area contributed by atoms with E-state index in [1.807, 2.05) is 25.1 Å². The molecule has 0 fully saturated rings. The van der Waals surface area contributed by atoms with Crippen molar-refractivity contribution in [2.75, 3.05) is 18.9 Å². The molecule has 0 bridgehead atoms. The summed E-state index contributed by atoms with van der Waals surface area (Å²) in [5, 5.41) is 2.78. The Balaban J connectivity index is 1.96. The molecule has 1 N–H and O–H groups in total. The summed E-state index contributed by atoms with van der Waals surface area (Å²) in [6.07, 6.45) is 1.42. The standard InChI is InChI=1S/C15H15BrN2O3/c1-10-8-11(16)5-6-12(10)17-14(19)9-18(2)15(20)13-4-3-7-21-13/h3-8H,9H2,1-2H3,(H,17,19). The molecule has 1 aromatic heterocycles. The number of hydrogen-bond acceptors (Lipinski definition) is 3. The molecule has 0 radical (unpaired) electrons. The van der Waals surface area contributed by atoms with Gasteiger partial charge < -0.3 is 14.6 Å². The number of nitrogens with zero attached hydrogens (tertiary/aromatic N) is 1. The number of aryl methyl sites for hydroxylation is 1. The summed E-state index contributed by atoms with van der Waals surface area (Å²) < 4.78 is 5.97. The third-order valence-corrected chi connectivity index (χ3v) is 3.42. The lowest BCUT2D eigenvalue weighted by Gasteiger charge is -2.16. The zero-order valence-electron chi connectivity index (χ0n) is 11.7. The van der Waals surface area contributed by atoms with Crippen LogP contribution in [0.1, 0.15) is 16.1 Å². The second-order valence-corrected chi connectivity index (χ2v) is 5.56. The minimum atomic E-state index is -0.331. The van der Waals surface area contributed by atoms with Gasteiger partial charge in [-0.05, 0) is 42.8 Å². The first kappa shape index (κ1) is 15.3. The number of rotatable bonds is 4. The van der Waals surface area contributed by atoms with E-state index in [4.69, 9.17) is 4.42 Å². The summed E-state index contributed by atoms with van der Waals surface area (Å²) in [6, 6.07) is 8.77. The molecule has 110 valence electrons. The quantitative estimate of drug-likeness (QED) is 0.921. The van der Waals surface area contributed by atoms with E-state index >= 15 is 0 Å². The van der Waals surface area contributed by atoms with Gasteiger partial charge in [0.1, 0.15) is 0 Å². The van der Waals surface area contributed by atoms with Crippen molar-refractivity contribution >= 4 is 33.4 Å². The van der Waals surface area contributed by atoms with Crippen molar-refractivity contribution in [1.82, 2.24) is 4.90 Å². The fourth-order valence-corrected chi connectivity index (χ4v) is 2.31. The number of likely N-dealkylation sites (N-methyl/N-ethyl adjacent to an activating group) is 1. The Morgan fingerprint density at radius 1 is 1.33 bits per heavy atom. The van der Waals surface area contributed by atoms with Crippen molar-refractivity contribution in [3.05, 3.63) is 52.4 Å². The lowest BCUT2D eigenvalue weighted by Crippen LogP contribution is -2.34. The molecule has 0 aliphatic rings. The average molecular weight is 351 g/mol. The first-order chi connectivity index (χ1) is 9.97. The van der Waals surface area contributed by atoms with Crippen molar-refractivity contribution in [2.24, 2.45) is 0 Å². The summed E-state index contributed by atoms with van der Waals surface area (Å²) >= 11 is 3.37. The van der Waals surface area contributed by atoms with Crippen LogP contribution in [0.2, 0.25) is 0 Å². The van der Waals surface area contributed by atoms with Crippen LogP contribution in [0.4, 0.5) is 5.69 Å². The van der Waals surface area contributed by atoms with Crippen LogP contribution in [-0.2, 0) is 4.79 Å². The van der Waals surface area contributed by atoms with E-state index in [9.17, 15) is 9.59 Å². The molecule has 0 aliphatic heterocycles. The maximum Gasteiger partial charge on any atom is 0.289 e. The minimum Gasteiger partial charge on any atom is -0.459 e. The number of furan rings is 1. The van der Waals surface area contributed by atoms with E-state index < -0.39 is 0 Å². The van der Waals surface area contributed by atoms with Crippen LogP contribution < -0.4 is 5.32 Å². The van der Waals surface area contributed by atoms with Crippen molar-refractivity contribution in [3.8, 4) is 0 Å². The van der Waals surface area contributed by atoms with E-state index in [2.05, 4.69) is 21.2 Å². The molecule has 1 aromatic carbocycles. The molecule has 2 rings (SSSR count). The molecule has 5 nitrogen and oxygen atoms in total. The first-order valence-electron chi connectivity index (χ1n) is 6.32. The fourth-order valence-electron chi connectivity index (χ4n) is 1.83. The van der Waals surface area contributed by atoms with Crippen LogP contribution in [0.25, 0.3) is 0 Å². The monoisotopic (exact) mass is 350 g/mol. The second-order valence-electron chi connectivity index (χ2n) is 4.65. The molecule has 6 heteroatoms. The van der Waals surface area contributed by atoms with E-state index in [1.54, 1.807) is 19.2 Å². The SMILES string of the molecule is Cc1cc(Br)ccc1NC(=O)CN(C)C(=O)c1ccco1. The summed E-state index contributed by atoms with van der Waals surface area (Å²) in [7, 11) is 1.55. The van der Waals surface area contributed by atoms with Gasteiger partial charge in [0.05, 0.1) is 12.8 Å². The maximum atomic E-state index is 12.0. The predicted octanol–water partition coefficient (Wildman–Crippen LogP) is 3.06. The van der Waals surface area contributed by atoms with Gasteiger partial charge in [-0.2, -0.15) is 0 Å². The third kappa shape index (κ3) is 3.95. The summed E-state index contributed by atoms with van der Waals surface area (Å²) in [5.74, 6) is -0.379. The number of halogens is 1. The highest BCUT2D eigenvalue weighted by atomic mass is 79.9. The minimum absolute atomic E-state index is 0.0466. The Morgan fingerprint density at radius 2 is 2.10 bits per heavy atom. The number of nitrogens with one attached hydrogen (secondary N) is 1. The molecule has 0 unspecified atom stereocenters. The molecule has 0 atom stereocenters. The van der Waals surface area contributed by atoms with Crippen LogP contribution in [0.3, 0.4) is 0 Å². The molecule has 21 heavy (non-hydrogen) atoms. The Hall–Kier alpha value is -2.08. The van der Waals surface area contributed by atoms with Crippen molar-refractivity contribution < 1.29 is 14.0 Å². The third-order valence-electron chi connectivity index (χ3n) is 2.92. The largest absolute Gasteiger partial charge is 0.459 e. The van der Waals surface area contributed by atoms with Crippen LogP contribution in [0.5, 0.6) is 0 Å². The van der Waals surface area contributed by atoms with Gasteiger partial charge in [0.15, 0.2) is 5.76 Å². The highest BCUT2D eigenvalue weighted by Crippen LogP contribution is 2.19. The highest BCUT2D eigenvalue weighted by Gasteiger charge is 2.17.